The van der Waals surface area contributed by atoms with E-state index in [0.717, 1.165) is 33.3 Å². The van der Waals surface area contributed by atoms with Gasteiger partial charge in [0.15, 0.2) is 5.65 Å². The largest absolute Gasteiger partial charge is 0.289 e. The minimum atomic E-state index is -2.63. The van der Waals surface area contributed by atoms with Gasteiger partial charge in [-0.05, 0) is 55.0 Å². The second-order valence-electron chi connectivity index (χ2n) is 9.34. The molecule has 176 valence electrons. The van der Waals surface area contributed by atoms with E-state index >= 15 is 0 Å². The molecule has 1 saturated carbocycles. The lowest BCUT2D eigenvalue weighted by Gasteiger charge is -2.28. The first kappa shape index (κ1) is 21.6. The molecule has 0 bridgehead atoms. The molecule has 0 saturated heterocycles. The Hall–Kier alpha value is -3.87. The molecular weight excluding hydrogens is 446 g/mol. The Morgan fingerprint density at radius 3 is 2.54 bits per heavy atom. The summed E-state index contributed by atoms with van der Waals surface area (Å²) >= 11 is 0. The van der Waals surface area contributed by atoms with Gasteiger partial charge in [-0.2, -0.15) is 0 Å². The van der Waals surface area contributed by atoms with E-state index in [9.17, 15) is 13.6 Å². The molecule has 6 rings (SSSR count). The molecule has 0 amide bonds. The first-order chi connectivity index (χ1) is 16.9. The Bertz CT molecular complexity index is 1610. The lowest BCUT2D eigenvalue weighted by Crippen LogP contribution is -2.24. The van der Waals surface area contributed by atoms with E-state index < -0.39 is 5.92 Å². The molecular formula is C28H24F2N4O. The van der Waals surface area contributed by atoms with Gasteiger partial charge >= 0.3 is 0 Å². The highest BCUT2D eigenvalue weighted by molar-refractivity contribution is 5.85. The fourth-order valence-corrected chi connectivity index (χ4v) is 5.30. The van der Waals surface area contributed by atoms with Crippen molar-refractivity contribution in [1.82, 2.24) is 19.6 Å². The first-order valence-corrected chi connectivity index (χ1v) is 11.8. The van der Waals surface area contributed by atoms with Crippen molar-refractivity contribution in [2.75, 3.05) is 0 Å². The molecule has 1 fully saturated rings. The van der Waals surface area contributed by atoms with Crippen LogP contribution in [0.5, 0.6) is 0 Å². The number of hydrogen-bond acceptors (Lipinski definition) is 3. The molecule has 2 aromatic carbocycles. The van der Waals surface area contributed by atoms with Gasteiger partial charge in [-0.1, -0.05) is 42.5 Å². The lowest BCUT2D eigenvalue weighted by molar-refractivity contribution is -0.0381. The molecule has 1 aliphatic rings. The summed E-state index contributed by atoms with van der Waals surface area (Å²) < 4.78 is 29.4. The highest BCUT2D eigenvalue weighted by Crippen LogP contribution is 2.44. The zero-order valence-corrected chi connectivity index (χ0v) is 19.3. The summed E-state index contributed by atoms with van der Waals surface area (Å²) in [5.41, 5.74) is 5.57. The normalized spacial score (nSPS) is 16.2. The molecule has 3 aromatic heterocycles. The lowest BCUT2D eigenvalue weighted by atomic mass is 9.81. The third-order valence-electron chi connectivity index (χ3n) is 7.08. The monoisotopic (exact) mass is 470 g/mol. The van der Waals surface area contributed by atoms with Gasteiger partial charge in [0.2, 0.25) is 5.92 Å². The van der Waals surface area contributed by atoms with E-state index in [-0.39, 0.29) is 24.3 Å². The number of nitrogens with zero attached hydrogens (tertiary/aromatic N) is 3. The molecule has 5 aromatic rings. The number of hydrogen-bond donors (Lipinski definition) is 1. The Morgan fingerprint density at radius 1 is 1.00 bits per heavy atom. The number of pyridine rings is 1. The number of alkyl halides is 2. The van der Waals surface area contributed by atoms with Gasteiger partial charge < -0.3 is 0 Å². The van der Waals surface area contributed by atoms with Crippen LogP contribution in [0.15, 0.2) is 71.7 Å². The van der Waals surface area contributed by atoms with Crippen LogP contribution >= 0.6 is 0 Å². The Labute approximate surface area is 200 Å². The summed E-state index contributed by atoms with van der Waals surface area (Å²) in [4.78, 5) is 23.1. The van der Waals surface area contributed by atoms with Crippen molar-refractivity contribution < 1.29 is 8.78 Å². The molecule has 0 atom stereocenters. The number of fused-ring (bicyclic) bond motifs is 2. The van der Waals surface area contributed by atoms with Crippen LogP contribution in [-0.2, 0) is 0 Å². The van der Waals surface area contributed by atoms with Gasteiger partial charge in [0, 0.05) is 30.0 Å². The first-order valence-electron chi connectivity index (χ1n) is 11.8. The summed E-state index contributed by atoms with van der Waals surface area (Å²) in [6, 6.07) is 19.3. The van der Waals surface area contributed by atoms with Gasteiger partial charge in [-0.25, -0.2) is 18.3 Å². The van der Waals surface area contributed by atoms with Gasteiger partial charge in [-0.3, -0.25) is 14.9 Å². The molecule has 7 heteroatoms. The molecule has 0 aliphatic heterocycles. The summed E-state index contributed by atoms with van der Waals surface area (Å²) in [7, 11) is 0. The second kappa shape index (κ2) is 8.12. The predicted molar refractivity (Wildman–Crippen MR) is 133 cm³/mol. The smallest absolute Gasteiger partial charge is 0.280 e. The number of aromatic nitrogens is 4. The molecule has 0 unspecified atom stereocenters. The summed E-state index contributed by atoms with van der Waals surface area (Å²) in [6.45, 7) is 1.83. The standard InChI is InChI=1S/C28H24F2N4O/c1-17-23(21-9-10-22-20(16-21)8-5-15-31-22)27(35)34-26(32-17)24(18-11-13-28(29,30)14-12-18)25(33-34)19-6-3-2-4-7-19/h2-10,15-16,18,33H,11-14H2,1H3. The number of H-pyrrole nitrogens is 1. The third-order valence-corrected chi connectivity index (χ3v) is 7.08. The SMILES string of the molecule is Cc1nc2c(C3CCC(F)(F)CC3)c(-c3ccccc3)[nH]n2c(=O)c1-c1ccc2ncccc2c1. The van der Waals surface area contributed by atoms with E-state index in [1.54, 1.807) is 6.20 Å². The topological polar surface area (TPSA) is 63.1 Å². The Balaban J connectivity index is 1.57. The van der Waals surface area contributed by atoms with Crippen LogP contribution in [0.1, 0.15) is 42.9 Å². The third kappa shape index (κ3) is 3.71. The second-order valence-corrected chi connectivity index (χ2v) is 9.34. The summed E-state index contributed by atoms with van der Waals surface area (Å²) in [5.74, 6) is -2.73. The van der Waals surface area contributed by atoms with Crippen molar-refractivity contribution in [2.24, 2.45) is 0 Å². The van der Waals surface area contributed by atoms with Crippen molar-refractivity contribution in [3.05, 3.63) is 88.5 Å². The number of rotatable bonds is 3. The van der Waals surface area contributed by atoms with E-state index in [4.69, 9.17) is 4.98 Å². The highest BCUT2D eigenvalue weighted by atomic mass is 19.3. The molecule has 5 nitrogen and oxygen atoms in total. The molecule has 0 radical (unpaired) electrons. The van der Waals surface area contributed by atoms with Crippen LogP contribution in [0.25, 0.3) is 38.9 Å². The number of aromatic amines is 1. The van der Waals surface area contributed by atoms with E-state index in [0.29, 0.717) is 29.7 Å². The van der Waals surface area contributed by atoms with E-state index in [2.05, 4.69) is 10.1 Å². The average molecular weight is 471 g/mol. The molecule has 0 spiro atoms. The van der Waals surface area contributed by atoms with Crippen molar-refractivity contribution in [3.63, 3.8) is 0 Å². The average Bonchev–Trinajstić information content (AvgIpc) is 3.24. The summed E-state index contributed by atoms with van der Waals surface area (Å²) in [5, 5.41) is 4.22. The van der Waals surface area contributed by atoms with Crippen molar-refractivity contribution in [1.29, 1.82) is 0 Å². The minimum Gasteiger partial charge on any atom is -0.289 e. The fraction of sp³-hybridized carbons (Fsp3) is 0.250. The zero-order chi connectivity index (χ0) is 24.2. The van der Waals surface area contributed by atoms with Crippen LogP contribution in [-0.4, -0.2) is 25.5 Å². The predicted octanol–water partition coefficient (Wildman–Crippen LogP) is 6.51. The number of benzene rings is 2. The minimum absolute atomic E-state index is 0.102. The van der Waals surface area contributed by atoms with Gasteiger partial charge in [0.25, 0.3) is 5.56 Å². The van der Waals surface area contributed by atoms with Crippen LogP contribution in [0.4, 0.5) is 8.78 Å². The fourth-order valence-electron chi connectivity index (χ4n) is 5.30. The van der Waals surface area contributed by atoms with Gasteiger partial charge in [-0.15, -0.1) is 0 Å². The van der Waals surface area contributed by atoms with Crippen LogP contribution in [0.3, 0.4) is 0 Å². The molecule has 1 aliphatic carbocycles. The summed E-state index contributed by atoms with van der Waals surface area (Å²) in [6.07, 6.45) is 2.14. The molecule has 35 heavy (non-hydrogen) atoms. The Morgan fingerprint density at radius 2 is 1.77 bits per heavy atom. The van der Waals surface area contributed by atoms with Gasteiger partial charge in [0.1, 0.15) is 0 Å². The van der Waals surface area contributed by atoms with E-state index in [1.807, 2.05) is 67.6 Å². The maximum Gasteiger partial charge on any atom is 0.280 e. The van der Waals surface area contributed by atoms with Crippen molar-refractivity contribution >= 4 is 16.6 Å². The molecule has 3 heterocycles. The number of nitrogens with one attached hydrogen (secondary N) is 1. The van der Waals surface area contributed by atoms with E-state index in [1.165, 1.54) is 4.52 Å². The maximum absolute atomic E-state index is 14.0. The quantitative estimate of drug-likeness (QED) is 0.327. The van der Waals surface area contributed by atoms with Crippen molar-refractivity contribution in [3.8, 4) is 22.4 Å². The van der Waals surface area contributed by atoms with Gasteiger partial charge in [0.05, 0.1) is 22.5 Å². The highest BCUT2D eigenvalue weighted by Gasteiger charge is 2.37. The zero-order valence-electron chi connectivity index (χ0n) is 19.3. The maximum atomic E-state index is 14.0. The molecule has 1 N–H and O–H groups in total. The number of halogens is 2. The Kier molecular flexibility index (Phi) is 5.02. The number of aryl methyl sites for hydroxylation is 1. The van der Waals surface area contributed by atoms with Crippen LogP contribution in [0.2, 0.25) is 0 Å². The van der Waals surface area contributed by atoms with Crippen LogP contribution in [0, 0.1) is 6.92 Å². The van der Waals surface area contributed by atoms with Crippen molar-refractivity contribution in [2.45, 2.75) is 44.4 Å². The van der Waals surface area contributed by atoms with Crippen LogP contribution < -0.4 is 5.56 Å².